The van der Waals surface area contributed by atoms with E-state index in [4.69, 9.17) is 9.47 Å². The number of piperazine rings is 1. The average molecular weight is 332 g/mol. The van der Waals surface area contributed by atoms with Crippen LogP contribution in [-0.2, 0) is 9.53 Å². The van der Waals surface area contributed by atoms with Crippen LogP contribution in [-0.4, -0.2) is 67.7 Å². The Labute approximate surface area is 144 Å². The topological polar surface area (TPSA) is 42.0 Å². The Kier molecular flexibility index (Phi) is 5.74. The van der Waals surface area contributed by atoms with Crippen LogP contribution in [0, 0.1) is 13.8 Å². The first-order valence-corrected chi connectivity index (χ1v) is 8.96. The molecule has 3 rings (SSSR count). The molecular formula is C19H28N2O3. The van der Waals surface area contributed by atoms with Gasteiger partial charge in [-0.2, -0.15) is 0 Å². The van der Waals surface area contributed by atoms with Crippen molar-refractivity contribution in [1.29, 1.82) is 0 Å². The molecule has 2 heterocycles. The van der Waals surface area contributed by atoms with Crippen molar-refractivity contribution in [3.63, 3.8) is 0 Å². The fraction of sp³-hybridized carbons (Fsp3) is 0.632. The summed E-state index contributed by atoms with van der Waals surface area (Å²) in [5.41, 5.74) is 2.46. The van der Waals surface area contributed by atoms with Gasteiger partial charge in [0.2, 0.25) is 0 Å². The largest absolute Gasteiger partial charge is 0.492 e. The summed E-state index contributed by atoms with van der Waals surface area (Å²) < 4.78 is 11.4. The highest BCUT2D eigenvalue weighted by molar-refractivity contribution is 5.81. The minimum absolute atomic E-state index is 0.179. The van der Waals surface area contributed by atoms with E-state index in [1.54, 1.807) is 0 Å². The minimum Gasteiger partial charge on any atom is -0.492 e. The third-order valence-corrected chi connectivity index (χ3v) is 4.76. The van der Waals surface area contributed by atoms with Gasteiger partial charge in [0, 0.05) is 39.3 Å². The van der Waals surface area contributed by atoms with Crippen molar-refractivity contribution < 1.29 is 14.3 Å². The van der Waals surface area contributed by atoms with Gasteiger partial charge in [0.1, 0.15) is 18.5 Å². The molecule has 1 atom stereocenters. The highest BCUT2D eigenvalue weighted by Gasteiger charge is 2.30. The van der Waals surface area contributed by atoms with E-state index < -0.39 is 0 Å². The van der Waals surface area contributed by atoms with Crippen molar-refractivity contribution in [2.45, 2.75) is 32.8 Å². The van der Waals surface area contributed by atoms with Crippen molar-refractivity contribution in [2.75, 3.05) is 45.9 Å². The zero-order valence-electron chi connectivity index (χ0n) is 14.8. The average Bonchev–Trinajstić information content (AvgIpc) is 3.08. The highest BCUT2D eigenvalue weighted by Crippen LogP contribution is 2.17. The molecular weight excluding hydrogens is 304 g/mol. The summed E-state index contributed by atoms with van der Waals surface area (Å²) in [7, 11) is 0. The molecule has 0 saturated carbocycles. The smallest absolute Gasteiger partial charge is 0.251 e. The second kappa shape index (κ2) is 7.99. The number of hydrogen-bond donors (Lipinski definition) is 0. The summed E-state index contributed by atoms with van der Waals surface area (Å²) in [6.45, 7) is 9.89. The Bertz CT molecular complexity index is 541. The van der Waals surface area contributed by atoms with Crippen molar-refractivity contribution in [2.24, 2.45) is 0 Å². The number of aryl methyl sites for hydroxylation is 2. The number of benzene rings is 1. The van der Waals surface area contributed by atoms with E-state index in [9.17, 15) is 4.79 Å². The van der Waals surface area contributed by atoms with E-state index in [0.29, 0.717) is 6.61 Å². The number of rotatable bonds is 5. The highest BCUT2D eigenvalue weighted by atomic mass is 16.5. The molecule has 2 saturated heterocycles. The zero-order chi connectivity index (χ0) is 16.9. The minimum atomic E-state index is -0.190. The molecule has 0 radical (unpaired) electrons. The molecule has 0 aromatic heterocycles. The van der Waals surface area contributed by atoms with Crippen molar-refractivity contribution in [3.8, 4) is 5.75 Å². The van der Waals surface area contributed by atoms with Crippen LogP contribution in [0.4, 0.5) is 0 Å². The summed E-state index contributed by atoms with van der Waals surface area (Å²) in [6, 6.07) is 6.30. The Hall–Kier alpha value is -1.59. The van der Waals surface area contributed by atoms with Crippen LogP contribution in [0.2, 0.25) is 0 Å². The molecule has 0 aliphatic carbocycles. The number of carbonyl (C=O) groups excluding carboxylic acids is 1. The van der Waals surface area contributed by atoms with E-state index in [-0.39, 0.29) is 12.0 Å². The lowest BCUT2D eigenvalue weighted by Crippen LogP contribution is -2.52. The SMILES string of the molecule is Cc1cc(C)cc(OCCN2CCN(C(=O)[C@@H]3CCCO3)CC2)c1. The van der Waals surface area contributed by atoms with Gasteiger partial charge in [0.15, 0.2) is 0 Å². The molecule has 1 aromatic carbocycles. The van der Waals surface area contributed by atoms with Crippen LogP contribution < -0.4 is 4.74 Å². The van der Waals surface area contributed by atoms with Gasteiger partial charge in [0.25, 0.3) is 5.91 Å². The number of nitrogens with zero attached hydrogens (tertiary/aromatic N) is 2. The third-order valence-electron chi connectivity index (χ3n) is 4.76. The van der Waals surface area contributed by atoms with Gasteiger partial charge in [0.05, 0.1) is 0 Å². The summed E-state index contributed by atoms with van der Waals surface area (Å²) in [5, 5.41) is 0. The molecule has 132 valence electrons. The van der Waals surface area contributed by atoms with E-state index >= 15 is 0 Å². The Morgan fingerprint density at radius 2 is 1.88 bits per heavy atom. The summed E-state index contributed by atoms with van der Waals surface area (Å²) in [5.74, 6) is 1.12. The molecule has 5 heteroatoms. The maximum atomic E-state index is 12.3. The molecule has 24 heavy (non-hydrogen) atoms. The lowest BCUT2D eigenvalue weighted by atomic mass is 10.1. The molecule has 0 spiro atoms. The molecule has 0 bridgehead atoms. The van der Waals surface area contributed by atoms with Crippen LogP contribution in [0.25, 0.3) is 0 Å². The van der Waals surface area contributed by atoms with Gasteiger partial charge in [-0.15, -0.1) is 0 Å². The van der Waals surface area contributed by atoms with Gasteiger partial charge in [-0.25, -0.2) is 0 Å². The third kappa shape index (κ3) is 4.48. The van der Waals surface area contributed by atoms with Crippen molar-refractivity contribution >= 4 is 5.91 Å². The lowest BCUT2D eigenvalue weighted by Gasteiger charge is -2.35. The fourth-order valence-electron chi connectivity index (χ4n) is 3.48. The van der Waals surface area contributed by atoms with Gasteiger partial charge < -0.3 is 14.4 Å². The predicted octanol–water partition coefficient (Wildman–Crippen LogP) is 2.01. The van der Waals surface area contributed by atoms with Gasteiger partial charge in [-0.1, -0.05) is 6.07 Å². The van der Waals surface area contributed by atoms with Crippen LogP contribution in [0.1, 0.15) is 24.0 Å². The van der Waals surface area contributed by atoms with Crippen LogP contribution in [0.5, 0.6) is 5.75 Å². The molecule has 1 aromatic rings. The summed E-state index contributed by atoms with van der Waals surface area (Å²) in [4.78, 5) is 16.6. The number of amides is 1. The lowest BCUT2D eigenvalue weighted by molar-refractivity contribution is -0.142. The molecule has 0 unspecified atom stereocenters. The van der Waals surface area contributed by atoms with Crippen LogP contribution in [0.3, 0.4) is 0 Å². The van der Waals surface area contributed by atoms with Gasteiger partial charge in [-0.05, 0) is 49.9 Å². The summed E-state index contributed by atoms with van der Waals surface area (Å²) in [6.07, 6.45) is 1.69. The van der Waals surface area contributed by atoms with Gasteiger partial charge in [-0.3, -0.25) is 9.69 Å². The zero-order valence-corrected chi connectivity index (χ0v) is 14.8. The van der Waals surface area contributed by atoms with Crippen LogP contribution in [0.15, 0.2) is 18.2 Å². The normalized spacial score (nSPS) is 21.9. The molecule has 5 nitrogen and oxygen atoms in total. The first-order valence-electron chi connectivity index (χ1n) is 8.96. The molecule has 2 fully saturated rings. The second-order valence-corrected chi connectivity index (χ2v) is 6.84. The van der Waals surface area contributed by atoms with E-state index in [1.165, 1.54) is 11.1 Å². The standard InChI is InChI=1S/C19H28N2O3/c1-15-12-16(2)14-17(13-15)23-11-9-20-5-7-21(8-6-20)19(22)18-4-3-10-24-18/h12-14,18H,3-11H2,1-2H3/t18-/m0/s1. The Morgan fingerprint density at radius 1 is 1.17 bits per heavy atom. The maximum Gasteiger partial charge on any atom is 0.251 e. The van der Waals surface area contributed by atoms with Crippen molar-refractivity contribution in [1.82, 2.24) is 9.80 Å². The number of carbonyl (C=O) groups is 1. The monoisotopic (exact) mass is 332 g/mol. The number of ether oxygens (including phenoxy) is 2. The van der Waals surface area contributed by atoms with E-state index in [1.807, 2.05) is 4.90 Å². The second-order valence-electron chi connectivity index (χ2n) is 6.84. The van der Waals surface area contributed by atoms with Crippen molar-refractivity contribution in [3.05, 3.63) is 29.3 Å². The first-order chi connectivity index (χ1) is 11.6. The first kappa shape index (κ1) is 17.2. The number of hydrogen-bond acceptors (Lipinski definition) is 4. The van der Waals surface area contributed by atoms with Crippen LogP contribution >= 0.6 is 0 Å². The maximum absolute atomic E-state index is 12.3. The van der Waals surface area contributed by atoms with E-state index in [0.717, 1.165) is 57.9 Å². The van der Waals surface area contributed by atoms with E-state index in [2.05, 4.69) is 36.9 Å². The fourth-order valence-corrected chi connectivity index (χ4v) is 3.48. The molecule has 2 aliphatic rings. The Balaban J connectivity index is 1.38. The molecule has 0 N–H and O–H groups in total. The Morgan fingerprint density at radius 3 is 2.50 bits per heavy atom. The quantitative estimate of drug-likeness (QED) is 0.827. The predicted molar refractivity (Wildman–Crippen MR) is 93.4 cm³/mol. The summed E-state index contributed by atoms with van der Waals surface area (Å²) >= 11 is 0. The molecule has 1 amide bonds. The molecule has 2 aliphatic heterocycles. The van der Waals surface area contributed by atoms with Gasteiger partial charge >= 0.3 is 0 Å².